The molecule has 0 aromatic rings. The third-order valence-electron chi connectivity index (χ3n) is 2.56. The fourth-order valence-electron chi connectivity index (χ4n) is 2.00. The van der Waals surface area contributed by atoms with Crippen molar-refractivity contribution in [3.63, 3.8) is 0 Å². The highest BCUT2D eigenvalue weighted by molar-refractivity contribution is 6.32. The molecule has 0 spiro atoms. The molecule has 50 valence electrons. The van der Waals surface area contributed by atoms with E-state index in [1.807, 2.05) is 0 Å². The molecule has 0 saturated heterocycles. The summed E-state index contributed by atoms with van der Waals surface area (Å²) in [6.45, 7) is 0. The second-order valence-corrected chi connectivity index (χ2v) is 3.54. The van der Waals surface area contributed by atoms with Gasteiger partial charge in [0, 0.05) is 5.92 Å². The Labute approximate surface area is 59.4 Å². The molecule has 9 heavy (non-hydrogen) atoms. The number of halogens is 1. The van der Waals surface area contributed by atoms with Crippen LogP contribution in [-0.2, 0) is 4.79 Å². The standard InChI is InChI=1S/C7H9ClO/c8-6-4-1-2-5(3-4)7(6)9/h4-6H,1-3H2/t4-,5+,6+/m0/s1. The molecule has 0 heterocycles. The van der Waals surface area contributed by atoms with Crippen LogP contribution in [0, 0.1) is 11.8 Å². The second kappa shape index (κ2) is 1.72. The lowest BCUT2D eigenvalue weighted by Gasteiger charge is -2.12. The van der Waals surface area contributed by atoms with Crippen LogP contribution in [0.25, 0.3) is 0 Å². The minimum absolute atomic E-state index is 0.122. The first kappa shape index (κ1) is 5.72. The molecule has 0 aromatic carbocycles. The van der Waals surface area contributed by atoms with E-state index in [4.69, 9.17) is 11.6 Å². The summed E-state index contributed by atoms with van der Waals surface area (Å²) >= 11 is 5.81. The van der Waals surface area contributed by atoms with E-state index in [-0.39, 0.29) is 5.38 Å². The summed E-state index contributed by atoms with van der Waals surface area (Å²) in [7, 11) is 0. The predicted molar refractivity (Wildman–Crippen MR) is 35.5 cm³/mol. The van der Waals surface area contributed by atoms with Crippen LogP contribution < -0.4 is 0 Å². The molecule has 2 rings (SSSR count). The Balaban J connectivity index is 2.25. The number of ketones is 1. The van der Waals surface area contributed by atoms with Gasteiger partial charge in [-0.05, 0) is 25.2 Å². The van der Waals surface area contributed by atoms with E-state index in [0.29, 0.717) is 17.6 Å². The predicted octanol–water partition coefficient (Wildman–Crippen LogP) is 1.59. The molecular weight excluding hydrogens is 136 g/mol. The van der Waals surface area contributed by atoms with Crippen molar-refractivity contribution < 1.29 is 4.79 Å². The first-order valence-electron chi connectivity index (χ1n) is 3.47. The van der Waals surface area contributed by atoms with Gasteiger partial charge in [-0.25, -0.2) is 0 Å². The van der Waals surface area contributed by atoms with Crippen LogP contribution in [0.5, 0.6) is 0 Å². The lowest BCUT2D eigenvalue weighted by Crippen LogP contribution is -2.21. The molecule has 0 aromatic heterocycles. The maximum Gasteiger partial charge on any atom is 0.154 e. The van der Waals surface area contributed by atoms with Crippen LogP contribution in [0.2, 0.25) is 0 Å². The number of hydrogen-bond acceptors (Lipinski definition) is 1. The van der Waals surface area contributed by atoms with E-state index in [1.165, 1.54) is 6.42 Å². The monoisotopic (exact) mass is 144 g/mol. The second-order valence-electron chi connectivity index (χ2n) is 3.07. The Kier molecular flexibility index (Phi) is 1.10. The molecule has 3 atom stereocenters. The summed E-state index contributed by atoms with van der Waals surface area (Å²) in [5, 5.41) is -0.122. The number of fused-ring (bicyclic) bond motifs is 2. The number of carbonyl (C=O) groups excluding carboxylic acids is 1. The summed E-state index contributed by atoms with van der Waals surface area (Å²) in [5.74, 6) is 1.19. The van der Waals surface area contributed by atoms with Gasteiger partial charge in [-0.1, -0.05) is 0 Å². The summed E-state index contributed by atoms with van der Waals surface area (Å²) in [5.41, 5.74) is 0. The van der Waals surface area contributed by atoms with Crippen LogP contribution >= 0.6 is 11.6 Å². The van der Waals surface area contributed by atoms with Crippen molar-refractivity contribution in [3.05, 3.63) is 0 Å². The molecule has 0 unspecified atom stereocenters. The van der Waals surface area contributed by atoms with Gasteiger partial charge in [-0.15, -0.1) is 11.6 Å². The van der Waals surface area contributed by atoms with E-state index in [2.05, 4.69) is 0 Å². The minimum atomic E-state index is -0.122. The van der Waals surface area contributed by atoms with Crippen molar-refractivity contribution in [3.8, 4) is 0 Å². The van der Waals surface area contributed by atoms with Gasteiger partial charge in [0.1, 0.15) is 0 Å². The summed E-state index contributed by atoms with van der Waals surface area (Å²) in [6, 6.07) is 0. The van der Waals surface area contributed by atoms with Crippen LogP contribution in [0.1, 0.15) is 19.3 Å². The van der Waals surface area contributed by atoms with Crippen molar-refractivity contribution >= 4 is 17.4 Å². The number of carbonyl (C=O) groups is 1. The average molecular weight is 145 g/mol. The molecule has 0 radical (unpaired) electrons. The van der Waals surface area contributed by atoms with Crippen molar-refractivity contribution in [2.45, 2.75) is 24.6 Å². The molecule has 1 nitrogen and oxygen atoms in total. The fourth-order valence-corrected chi connectivity index (χ4v) is 2.41. The Morgan fingerprint density at radius 1 is 1.44 bits per heavy atom. The van der Waals surface area contributed by atoms with Gasteiger partial charge in [-0.2, -0.15) is 0 Å². The highest BCUT2D eigenvalue weighted by Gasteiger charge is 2.45. The third kappa shape index (κ3) is 0.644. The normalized spacial score (nSPS) is 48.6. The van der Waals surface area contributed by atoms with Gasteiger partial charge in [0.2, 0.25) is 0 Å². The molecule has 2 aliphatic carbocycles. The lowest BCUT2D eigenvalue weighted by molar-refractivity contribution is -0.121. The van der Waals surface area contributed by atoms with Crippen LogP contribution in [0.3, 0.4) is 0 Å². The highest BCUT2D eigenvalue weighted by Crippen LogP contribution is 2.44. The number of Topliss-reactive ketones (excluding diaryl/α,β-unsaturated/α-hetero) is 1. The molecule has 2 heteroatoms. The van der Waals surface area contributed by atoms with Crippen molar-refractivity contribution in [2.75, 3.05) is 0 Å². The first-order chi connectivity index (χ1) is 4.29. The van der Waals surface area contributed by atoms with E-state index in [0.717, 1.165) is 12.8 Å². The van der Waals surface area contributed by atoms with E-state index in [1.54, 1.807) is 0 Å². The Hall–Kier alpha value is -0.0400. The SMILES string of the molecule is O=C1[C@@H]2CC[C@@H](C2)[C@H]1Cl. The first-order valence-corrected chi connectivity index (χ1v) is 3.90. The van der Waals surface area contributed by atoms with Gasteiger partial charge in [0.05, 0.1) is 5.38 Å². The number of hydrogen-bond donors (Lipinski definition) is 0. The maximum atomic E-state index is 11.0. The number of alkyl halides is 1. The van der Waals surface area contributed by atoms with E-state index in [9.17, 15) is 4.79 Å². The number of rotatable bonds is 0. The van der Waals surface area contributed by atoms with Gasteiger partial charge >= 0.3 is 0 Å². The molecular formula is C7H9ClO. The average Bonchev–Trinajstić information content (AvgIpc) is 2.37. The zero-order valence-electron chi connectivity index (χ0n) is 5.14. The summed E-state index contributed by atoms with van der Waals surface area (Å²) in [4.78, 5) is 11.0. The molecule has 2 bridgehead atoms. The van der Waals surface area contributed by atoms with Gasteiger partial charge in [-0.3, -0.25) is 4.79 Å². The van der Waals surface area contributed by atoms with Crippen molar-refractivity contribution in [1.29, 1.82) is 0 Å². The van der Waals surface area contributed by atoms with Crippen LogP contribution in [0.4, 0.5) is 0 Å². The van der Waals surface area contributed by atoms with Crippen LogP contribution in [0.15, 0.2) is 0 Å². The highest BCUT2D eigenvalue weighted by atomic mass is 35.5. The minimum Gasteiger partial charge on any atom is -0.298 e. The molecule has 2 aliphatic rings. The lowest BCUT2D eigenvalue weighted by atomic mass is 9.99. The molecule has 2 fully saturated rings. The quantitative estimate of drug-likeness (QED) is 0.472. The summed E-state index contributed by atoms with van der Waals surface area (Å²) in [6.07, 6.45) is 3.37. The Bertz CT molecular complexity index is 151. The Morgan fingerprint density at radius 3 is 2.56 bits per heavy atom. The fraction of sp³-hybridized carbons (Fsp3) is 0.857. The van der Waals surface area contributed by atoms with E-state index < -0.39 is 0 Å². The third-order valence-corrected chi connectivity index (χ3v) is 3.13. The molecule has 0 amide bonds. The van der Waals surface area contributed by atoms with Crippen molar-refractivity contribution in [2.24, 2.45) is 11.8 Å². The Morgan fingerprint density at radius 2 is 2.22 bits per heavy atom. The zero-order valence-corrected chi connectivity index (χ0v) is 5.90. The van der Waals surface area contributed by atoms with Gasteiger partial charge in [0.15, 0.2) is 5.78 Å². The molecule has 0 aliphatic heterocycles. The van der Waals surface area contributed by atoms with E-state index >= 15 is 0 Å². The summed E-state index contributed by atoms with van der Waals surface area (Å²) < 4.78 is 0. The smallest absolute Gasteiger partial charge is 0.154 e. The van der Waals surface area contributed by atoms with Gasteiger partial charge in [0.25, 0.3) is 0 Å². The van der Waals surface area contributed by atoms with Gasteiger partial charge < -0.3 is 0 Å². The largest absolute Gasteiger partial charge is 0.298 e. The maximum absolute atomic E-state index is 11.0. The van der Waals surface area contributed by atoms with Crippen molar-refractivity contribution in [1.82, 2.24) is 0 Å². The molecule has 0 N–H and O–H groups in total. The zero-order chi connectivity index (χ0) is 6.43. The molecule has 2 saturated carbocycles. The van der Waals surface area contributed by atoms with Crippen LogP contribution in [-0.4, -0.2) is 11.2 Å². The topological polar surface area (TPSA) is 17.1 Å².